The zero-order chi connectivity index (χ0) is 21.8. The van der Waals surface area contributed by atoms with Gasteiger partial charge in [0.05, 0.1) is 11.2 Å². The highest BCUT2D eigenvalue weighted by Gasteiger charge is 2.53. The Balaban J connectivity index is 1.31. The van der Waals surface area contributed by atoms with Crippen LogP contribution in [0, 0.1) is 11.3 Å². The summed E-state index contributed by atoms with van der Waals surface area (Å²) >= 11 is 0. The Morgan fingerprint density at radius 3 is 2.33 bits per heavy atom. The van der Waals surface area contributed by atoms with Gasteiger partial charge >= 0.3 is 6.18 Å². The van der Waals surface area contributed by atoms with Crippen molar-refractivity contribution in [1.29, 1.82) is 0 Å². The third-order valence-corrected chi connectivity index (χ3v) is 7.34. The van der Waals surface area contributed by atoms with E-state index in [1.807, 2.05) is 11.8 Å². The lowest BCUT2D eigenvalue weighted by molar-refractivity contribution is -0.166. The average molecular weight is 426 g/mol. The van der Waals surface area contributed by atoms with Gasteiger partial charge in [0, 0.05) is 36.7 Å². The van der Waals surface area contributed by atoms with Crippen LogP contribution in [0.1, 0.15) is 64.4 Å². The molecule has 30 heavy (non-hydrogen) atoms. The minimum Gasteiger partial charge on any atom is -0.471 e. The van der Waals surface area contributed by atoms with Crippen LogP contribution in [-0.4, -0.2) is 45.2 Å². The predicted molar refractivity (Wildman–Crippen MR) is 104 cm³/mol. The lowest BCUT2D eigenvalue weighted by Crippen LogP contribution is -2.64. The molecule has 4 rings (SSSR count). The lowest BCUT2D eigenvalue weighted by atomic mass is 9.63. The molecular weight excluding hydrogens is 397 g/mol. The molecule has 166 valence electrons. The van der Waals surface area contributed by atoms with Gasteiger partial charge in [-0.05, 0) is 57.9 Å². The van der Waals surface area contributed by atoms with Crippen LogP contribution in [0.15, 0.2) is 18.3 Å². The van der Waals surface area contributed by atoms with Crippen LogP contribution < -0.4 is 4.74 Å². The Labute approximate surface area is 174 Å². The third-order valence-electron chi connectivity index (χ3n) is 7.34. The van der Waals surface area contributed by atoms with Gasteiger partial charge in [-0.15, -0.1) is 0 Å². The maximum Gasteiger partial charge on any atom is 0.417 e. The molecule has 1 spiro atoms. The van der Waals surface area contributed by atoms with Crippen molar-refractivity contribution in [1.82, 2.24) is 9.88 Å². The van der Waals surface area contributed by atoms with E-state index in [1.54, 1.807) is 6.92 Å². The van der Waals surface area contributed by atoms with Crippen LogP contribution in [-0.2, 0) is 11.0 Å². The van der Waals surface area contributed by atoms with Crippen LogP contribution in [0.2, 0.25) is 0 Å². The number of amides is 1. The van der Waals surface area contributed by atoms with E-state index in [0.29, 0.717) is 12.8 Å². The quantitative estimate of drug-likeness (QED) is 0.784. The molecule has 1 aromatic heterocycles. The number of nitrogens with zero attached hydrogens (tertiary/aromatic N) is 2. The van der Waals surface area contributed by atoms with Gasteiger partial charge in [-0.1, -0.05) is 6.92 Å². The van der Waals surface area contributed by atoms with Gasteiger partial charge in [0.2, 0.25) is 11.8 Å². The smallest absolute Gasteiger partial charge is 0.417 e. The Morgan fingerprint density at radius 1 is 1.23 bits per heavy atom. The second kappa shape index (κ2) is 7.11. The summed E-state index contributed by atoms with van der Waals surface area (Å²) in [5.41, 5.74) is -1.78. The molecule has 1 saturated heterocycles. The molecule has 0 bridgehead atoms. The lowest BCUT2D eigenvalue weighted by Gasteiger charge is -2.57. The number of likely N-dealkylation sites (tertiary alicyclic amines) is 1. The second-order valence-electron chi connectivity index (χ2n) is 9.82. The molecule has 1 aliphatic heterocycles. The van der Waals surface area contributed by atoms with E-state index in [-0.39, 0.29) is 23.1 Å². The Morgan fingerprint density at radius 2 is 1.87 bits per heavy atom. The van der Waals surface area contributed by atoms with Crippen LogP contribution in [0.25, 0.3) is 0 Å². The largest absolute Gasteiger partial charge is 0.471 e. The van der Waals surface area contributed by atoms with Crippen LogP contribution >= 0.6 is 0 Å². The molecule has 0 atom stereocenters. The number of rotatable bonds is 4. The monoisotopic (exact) mass is 426 g/mol. The van der Waals surface area contributed by atoms with E-state index < -0.39 is 22.9 Å². The minimum absolute atomic E-state index is 0.0512. The fraction of sp³-hybridized carbons (Fsp3) is 0.727. The van der Waals surface area contributed by atoms with E-state index in [9.17, 15) is 23.1 Å². The number of aliphatic hydroxyl groups is 1. The fourth-order valence-corrected chi connectivity index (χ4v) is 5.26. The van der Waals surface area contributed by atoms with Crippen LogP contribution in [0.3, 0.4) is 0 Å². The van der Waals surface area contributed by atoms with Gasteiger partial charge < -0.3 is 14.7 Å². The molecule has 0 aromatic carbocycles. The number of carbonyl (C=O) groups excluding carboxylic acids is 1. The predicted octanol–water partition coefficient (Wildman–Crippen LogP) is 4.19. The Bertz CT molecular complexity index is 783. The molecule has 8 heteroatoms. The van der Waals surface area contributed by atoms with Gasteiger partial charge in [0.1, 0.15) is 5.60 Å². The fourth-order valence-electron chi connectivity index (χ4n) is 5.26. The molecule has 3 aliphatic rings. The topological polar surface area (TPSA) is 62.7 Å². The van der Waals surface area contributed by atoms with E-state index in [1.165, 1.54) is 6.07 Å². The van der Waals surface area contributed by atoms with Crippen molar-refractivity contribution >= 4 is 5.91 Å². The highest BCUT2D eigenvalue weighted by atomic mass is 19.4. The van der Waals surface area contributed by atoms with E-state index in [4.69, 9.17) is 4.74 Å². The van der Waals surface area contributed by atoms with Crippen molar-refractivity contribution in [2.45, 2.75) is 76.2 Å². The summed E-state index contributed by atoms with van der Waals surface area (Å²) in [5.74, 6) is 0.331. The normalized spacial score (nSPS) is 29.8. The number of pyridine rings is 1. The first-order valence-electron chi connectivity index (χ1n) is 10.7. The molecule has 5 nitrogen and oxygen atoms in total. The zero-order valence-electron chi connectivity index (χ0n) is 17.5. The number of ether oxygens (including phenoxy) is 1. The SMILES string of the molecule is CCC1(Oc2ccc(C(F)(F)F)cn2)CCC2(CC1)CN(C(=O)C1CC(C)(O)C1)C2. The standard InChI is InChI=1S/C22H29F3N2O3/c1-3-21(30-17-5-4-16(12-26-17)22(23,24)25)8-6-20(7-9-21)13-27(14-20)18(28)15-10-19(2,29)11-15/h4-5,12,15,29H,3,6-11,13-14H2,1-2H3. The van der Waals surface area contributed by atoms with Crippen molar-refractivity contribution in [3.63, 3.8) is 0 Å². The molecule has 1 aromatic rings. The first-order chi connectivity index (χ1) is 13.9. The molecule has 2 heterocycles. The van der Waals surface area contributed by atoms with Crippen molar-refractivity contribution in [3.05, 3.63) is 23.9 Å². The minimum atomic E-state index is -4.41. The van der Waals surface area contributed by atoms with Crippen LogP contribution in [0.4, 0.5) is 13.2 Å². The van der Waals surface area contributed by atoms with Crippen molar-refractivity contribution < 1.29 is 27.8 Å². The summed E-state index contributed by atoms with van der Waals surface area (Å²) in [6.45, 7) is 5.30. The highest BCUT2D eigenvalue weighted by Crippen LogP contribution is 2.50. The summed E-state index contributed by atoms with van der Waals surface area (Å²) in [7, 11) is 0. The van der Waals surface area contributed by atoms with Crippen molar-refractivity contribution in [2.75, 3.05) is 13.1 Å². The maximum absolute atomic E-state index is 12.7. The Hall–Kier alpha value is -1.83. The molecule has 1 N–H and O–H groups in total. The summed E-state index contributed by atoms with van der Waals surface area (Å²) < 4.78 is 44.3. The summed E-state index contributed by atoms with van der Waals surface area (Å²) in [6.07, 6.45) is 1.69. The Kier molecular flexibility index (Phi) is 5.07. The van der Waals surface area contributed by atoms with E-state index in [2.05, 4.69) is 4.98 Å². The number of alkyl halides is 3. The molecule has 0 radical (unpaired) electrons. The number of hydrogen-bond acceptors (Lipinski definition) is 4. The highest BCUT2D eigenvalue weighted by molar-refractivity contribution is 5.81. The first-order valence-corrected chi connectivity index (χ1v) is 10.7. The molecule has 2 aliphatic carbocycles. The number of aromatic nitrogens is 1. The van der Waals surface area contributed by atoms with Gasteiger partial charge in [-0.2, -0.15) is 13.2 Å². The van der Waals surface area contributed by atoms with Crippen molar-refractivity contribution in [2.24, 2.45) is 11.3 Å². The number of carbonyl (C=O) groups is 1. The third kappa shape index (κ3) is 4.03. The average Bonchev–Trinajstić information content (AvgIpc) is 2.64. The van der Waals surface area contributed by atoms with Crippen LogP contribution in [0.5, 0.6) is 5.88 Å². The summed E-state index contributed by atoms with van der Waals surface area (Å²) in [6, 6.07) is 2.30. The molecular formula is C22H29F3N2O3. The van der Waals surface area contributed by atoms with E-state index in [0.717, 1.165) is 57.5 Å². The number of halogens is 3. The molecule has 2 saturated carbocycles. The molecule has 0 unspecified atom stereocenters. The first kappa shape index (κ1) is 21.4. The van der Waals surface area contributed by atoms with Gasteiger partial charge in [0.25, 0.3) is 0 Å². The van der Waals surface area contributed by atoms with Gasteiger partial charge in [-0.3, -0.25) is 4.79 Å². The van der Waals surface area contributed by atoms with Crippen molar-refractivity contribution in [3.8, 4) is 5.88 Å². The molecule has 3 fully saturated rings. The summed E-state index contributed by atoms with van der Waals surface area (Å²) in [5, 5.41) is 9.86. The van der Waals surface area contributed by atoms with Gasteiger partial charge in [0.15, 0.2) is 0 Å². The van der Waals surface area contributed by atoms with E-state index >= 15 is 0 Å². The maximum atomic E-state index is 12.7. The summed E-state index contributed by atoms with van der Waals surface area (Å²) in [4.78, 5) is 18.3. The van der Waals surface area contributed by atoms with Gasteiger partial charge in [-0.25, -0.2) is 4.98 Å². The second-order valence-corrected chi connectivity index (χ2v) is 9.82. The molecule has 1 amide bonds. The number of hydrogen-bond donors (Lipinski definition) is 1. The zero-order valence-corrected chi connectivity index (χ0v) is 17.5.